The van der Waals surface area contributed by atoms with E-state index in [9.17, 15) is 26.7 Å². The number of sulfonamides is 2. The maximum atomic E-state index is 12.9. The first-order chi connectivity index (χ1) is 19.4. The van der Waals surface area contributed by atoms with Crippen LogP contribution < -0.4 is 9.44 Å². The highest BCUT2D eigenvalue weighted by Crippen LogP contribution is 2.26. The van der Waals surface area contributed by atoms with E-state index < -0.39 is 32.6 Å². The molecule has 4 aromatic rings. The molecule has 0 bridgehead atoms. The number of methoxy groups -OCH3 is 1. The van der Waals surface area contributed by atoms with Crippen molar-refractivity contribution >= 4 is 37.4 Å². The fourth-order valence-corrected chi connectivity index (χ4v) is 6.32. The maximum Gasteiger partial charge on any atom is 0.340 e. The fourth-order valence-electron chi connectivity index (χ4n) is 4.13. The zero-order chi connectivity index (χ0) is 29.8. The van der Waals surface area contributed by atoms with Crippen LogP contribution in [-0.2, 0) is 37.8 Å². The van der Waals surface area contributed by atoms with Crippen molar-refractivity contribution in [3.05, 3.63) is 118 Å². The Kier molecular flexibility index (Phi) is 8.81. The van der Waals surface area contributed by atoms with Crippen LogP contribution in [0.15, 0.2) is 94.7 Å². The predicted molar refractivity (Wildman–Crippen MR) is 157 cm³/mol. The van der Waals surface area contributed by atoms with Crippen LogP contribution >= 0.6 is 0 Å². The summed E-state index contributed by atoms with van der Waals surface area (Å²) in [6.45, 7) is 3.30. The Balaban J connectivity index is 1.59. The Bertz CT molecular complexity index is 1780. The highest BCUT2D eigenvalue weighted by atomic mass is 32.2. The largest absolute Gasteiger partial charge is 0.465 e. The number of hydrogen-bond donors (Lipinski definition) is 3. The molecule has 0 unspecified atom stereocenters. The van der Waals surface area contributed by atoms with Crippen LogP contribution in [0.4, 0.5) is 11.4 Å². The van der Waals surface area contributed by atoms with Gasteiger partial charge in [0, 0.05) is 5.56 Å². The normalized spacial score (nSPS) is 11.6. The standard InChI is InChI=1S/C30H30N2O7S2/c1-20-4-10-25(11-5-20)40(35,36)31-28-14-8-22(17-24(28)19-33)16-23-9-15-29(27(18-23)30(34)39-3)32-41(37,38)26-12-6-21(2)7-13-26/h4-15,17-18,31-33H,16,19H2,1-3H3. The molecule has 214 valence electrons. The van der Waals surface area contributed by atoms with Gasteiger partial charge < -0.3 is 9.84 Å². The Morgan fingerprint density at radius 3 is 1.66 bits per heavy atom. The molecule has 0 amide bonds. The van der Waals surface area contributed by atoms with E-state index in [0.717, 1.165) is 16.7 Å². The molecule has 0 atom stereocenters. The van der Waals surface area contributed by atoms with E-state index in [4.69, 9.17) is 4.74 Å². The maximum absolute atomic E-state index is 12.9. The quantitative estimate of drug-likeness (QED) is 0.225. The van der Waals surface area contributed by atoms with E-state index >= 15 is 0 Å². The summed E-state index contributed by atoms with van der Waals surface area (Å²) in [5.74, 6) is -0.717. The molecule has 0 fully saturated rings. The number of rotatable bonds is 10. The summed E-state index contributed by atoms with van der Waals surface area (Å²) in [6, 6.07) is 22.4. The van der Waals surface area contributed by atoms with Crippen molar-refractivity contribution in [2.45, 2.75) is 36.7 Å². The number of aliphatic hydroxyl groups excluding tert-OH is 1. The topological polar surface area (TPSA) is 139 Å². The monoisotopic (exact) mass is 594 g/mol. The third kappa shape index (κ3) is 7.12. The molecule has 0 aliphatic carbocycles. The van der Waals surface area contributed by atoms with Crippen LogP contribution in [-0.4, -0.2) is 35.0 Å². The number of anilines is 2. The number of aryl methyl sites for hydroxylation is 2. The molecule has 0 heterocycles. The van der Waals surface area contributed by atoms with E-state index in [1.807, 2.05) is 13.8 Å². The van der Waals surface area contributed by atoms with Crippen LogP contribution in [0.2, 0.25) is 0 Å². The number of esters is 1. The van der Waals surface area contributed by atoms with Gasteiger partial charge in [-0.25, -0.2) is 21.6 Å². The van der Waals surface area contributed by atoms with E-state index in [2.05, 4.69) is 9.44 Å². The zero-order valence-corrected chi connectivity index (χ0v) is 24.3. The number of carbonyl (C=O) groups excluding carboxylic acids is 1. The summed E-state index contributed by atoms with van der Waals surface area (Å²) in [5.41, 5.74) is 3.95. The number of nitrogens with one attached hydrogen (secondary N) is 2. The molecule has 4 aromatic carbocycles. The Hall–Kier alpha value is -4.19. The smallest absolute Gasteiger partial charge is 0.340 e. The van der Waals surface area contributed by atoms with Crippen molar-refractivity contribution in [1.82, 2.24) is 0 Å². The van der Waals surface area contributed by atoms with Crippen LogP contribution in [0.25, 0.3) is 0 Å². The first-order valence-corrected chi connectivity index (χ1v) is 15.5. The van der Waals surface area contributed by atoms with Crippen molar-refractivity contribution in [3.8, 4) is 0 Å². The molecule has 0 saturated carbocycles. The molecule has 41 heavy (non-hydrogen) atoms. The zero-order valence-electron chi connectivity index (χ0n) is 22.7. The van der Waals surface area contributed by atoms with E-state index in [1.54, 1.807) is 48.5 Å². The number of aliphatic hydroxyl groups is 1. The van der Waals surface area contributed by atoms with Gasteiger partial charge in [-0.3, -0.25) is 9.44 Å². The SMILES string of the molecule is COC(=O)c1cc(Cc2ccc(NS(=O)(=O)c3ccc(C)cc3)c(CO)c2)ccc1NS(=O)(=O)c1ccc(C)cc1. The summed E-state index contributed by atoms with van der Waals surface area (Å²) in [7, 11) is -6.62. The molecule has 11 heteroatoms. The number of hydrogen-bond acceptors (Lipinski definition) is 7. The molecule has 0 radical (unpaired) electrons. The number of ether oxygens (including phenoxy) is 1. The fraction of sp³-hybridized carbons (Fsp3) is 0.167. The minimum Gasteiger partial charge on any atom is -0.465 e. The lowest BCUT2D eigenvalue weighted by molar-refractivity contribution is 0.0602. The lowest BCUT2D eigenvalue weighted by Crippen LogP contribution is -2.16. The summed E-state index contributed by atoms with van der Waals surface area (Å²) in [6.07, 6.45) is 0.312. The van der Waals surface area contributed by atoms with Gasteiger partial charge in [0.05, 0.1) is 40.4 Å². The lowest BCUT2D eigenvalue weighted by Gasteiger charge is -2.15. The van der Waals surface area contributed by atoms with Crippen LogP contribution in [0, 0.1) is 13.8 Å². The third-order valence-electron chi connectivity index (χ3n) is 6.39. The highest BCUT2D eigenvalue weighted by molar-refractivity contribution is 7.93. The van der Waals surface area contributed by atoms with Crippen LogP contribution in [0.3, 0.4) is 0 Å². The minimum atomic E-state index is -3.96. The molecule has 3 N–H and O–H groups in total. The lowest BCUT2D eigenvalue weighted by atomic mass is 10.00. The third-order valence-corrected chi connectivity index (χ3v) is 9.15. The van der Waals surface area contributed by atoms with Gasteiger partial charge in [-0.2, -0.15) is 0 Å². The summed E-state index contributed by atoms with van der Waals surface area (Å²) in [5, 5.41) is 9.95. The molecular formula is C30H30N2O7S2. The Labute approximate surface area is 239 Å². The van der Waals surface area contributed by atoms with Gasteiger partial charge >= 0.3 is 5.97 Å². The number of carbonyl (C=O) groups is 1. The van der Waals surface area contributed by atoms with Crippen LogP contribution in [0.1, 0.15) is 38.2 Å². The molecule has 0 aliphatic rings. The molecule has 0 aromatic heterocycles. The second-order valence-electron chi connectivity index (χ2n) is 9.54. The second-order valence-corrected chi connectivity index (χ2v) is 12.9. The first kappa shape index (κ1) is 29.8. The van der Waals surface area contributed by atoms with Crippen molar-refractivity contribution in [2.75, 3.05) is 16.6 Å². The average Bonchev–Trinajstić information content (AvgIpc) is 2.94. The van der Waals surface area contributed by atoms with E-state index in [-0.39, 0.29) is 26.7 Å². The second kappa shape index (κ2) is 12.1. The predicted octanol–water partition coefficient (Wildman–Crippen LogP) is 4.77. The van der Waals surface area contributed by atoms with Gasteiger partial charge in [0.1, 0.15) is 0 Å². The molecule has 9 nitrogen and oxygen atoms in total. The van der Waals surface area contributed by atoms with Gasteiger partial charge in [-0.1, -0.05) is 53.6 Å². The average molecular weight is 595 g/mol. The highest BCUT2D eigenvalue weighted by Gasteiger charge is 2.21. The summed E-state index contributed by atoms with van der Waals surface area (Å²) < 4.78 is 61.4. The van der Waals surface area contributed by atoms with Gasteiger partial charge in [-0.05, 0) is 73.9 Å². The van der Waals surface area contributed by atoms with Gasteiger partial charge in [0.15, 0.2) is 0 Å². The summed E-state index contributed by atoms with van der Waals surface area (Å²) >= 11 is 0. The first-order valence-electron chi connectivity index (χ1n) is 12.5. The molecule has 0 spiro atoms. The van der Waals surface area contributed by atoms with Gasteiger partial charge in [0.2, 0.25) is 0 Å². The Morgan fingerprint density at radius 2 is 1.17 bits per heavy atom. The molecule has 4 rings (SSSR count). The minimum absolute atomic E-state index is 0.0329. The van der Waals surface area contributed by atoms with Crippen molar-refractivity contribution in [2.24, 2.45) is 0 Å². The molecule has 0 aliphatic heterocycles. The van der Waals surface area contributed by atoms with Crippen molar-refractivity contribution < 1.29 is 31.5 Å². The van der Waals surface area contributed by atoms with Crippen LogP contribution in [0.5, 0.6) is 0 Å². The van der Waals surface area contributed by atoms with Gasteiger partial charge in [0.25, 0.3) is 20.0 Å². The summed E-state index contributed by atoms with van der Waals surface area (Å²) in [4.78, 5) is 12.7. The Morgan fingerprint density at radius 1 is 0.707 bits per heavy atom. The number of benzene rings is 4. The van der Waals surface area contributed by atoms with Crippen molar-refractivity contribution in [3.63, 3.8) is 0 Å². The van der Waals surface area contributed by atoms with E-state index in [0.29, 0.717) is 17.5 Å². The van der Waals surface area contributed by atoms with E-state index in [1.165, 1.54) is 43.5 Å². The van der Waals surface area contributed by atoms with Gasteiger partial charge in [-0.15, -0.1) is 0 Å². The molecule has 0 saturated heterocycles. The molecular weight excluding hydrogens is 564 g/mol. The van der Waals surface area contributed by atoms with Crippen molar-refractivity contribution in [1.29, 1.82) is 0 Å².